The average Bonchev–Trinajstić information content (AvgIpc) is 2.93. The number of nitrogens with two attached hydrogens (primary N) is 1. The number of anilines is 1. The summed E-state index contributed by atoms with van der Waals surface area (Å²) in [4.78, 5) is 17.1. The highest BCUT2D eigenvalue weighted by molar-refractivity contribution is 5.39. The Morgan fingerprint density at radius 3 is 3.07 bits per heavy atom. The van der Waals surface area contributed by atoms with Crippen LogP contribution in [0.4, 0.5) is 5.82 Å². The third kappa shape index (κ3) is 1.86. The van der Waals surface area contributed by atoms with Crippen molar-refractivity contribution in [3.63, 3.8) is 0 Å². The molecule has 1 heterocycles. The van der Waals surface area contributed by atoms with Crippen molar-refractivity contribution in [1.82, 2.24) is 9.97 Å². The third-order valence-electron chi connectivity index (χ3n) is 2.54. The van der Waals surface area contributed by atoms with Gasteiger partial charge in [0.25, 0.3) is 6.47 Å². The number of carbonyl (C=O) groups excluding carboxylic acids is 1. The van der Waals surface area contributed by atoms with Crippen molar-refractivity contribution in [3.05, 3.63) is 12.0 Å². The van der Waals surface area contributed by atoms with E-state index in [1.807, 2.05) is 0 Å². The summed E-state index contributed by atoms with van der Waals surface area (Å²) >= 11 is 0. The Morgan fingerprint density at radius 1 is 1.79 bits per heavy atom. The molecule has 0 radical (unpaired) electrons. The minimum absolute atomic E-state index is 0.0461. The van der Waals surface area contributed by atoms with Gasteiger partial charge in [-0.25, -0.2) is 4.98 Å². The largest absolute Gasteiger partial charge is 0.464 e. The number of nitrogens with one attached hydrogen (secondary N) is 1. The molecule has 0 aliphatic heterocycles. The quantitative estimate of drug-likeness (QED) is 0.670. The maximum atomic E-state index is 10.3. The van der Waals surface area contributed by atoms with Crippen LogP contribution in [0.5, 0.6) is 0 Å². The van der Waals surface area contributed by atoms with E-state index in [9.17, 15) is 4.79 Å². The summed E-state index contributed by atoms with van der Waals surface area (Å²) in [6.45, 7) is 0.509. The van der Waals surface area contributed by atoms with Crippen LogP contribution in [0.25, 0.3) is 0 Å². The van der Waals surface area contributed by atoms with Crippen LogP contribution in [0.3, 0.4) is 0 Å². The van der Waals surface area contributed by atoms with Crippen LogP contribution in [0.1, 0.15) is 18.5 Å². The summed E-state index contributed by atoms with van der Waals surface area (Å²) in [6.07, 6.45) is 4.40. The van der Waals surface area contributed by atoms with E-state index in [0.717, 1.165) is 18.5 Å². The van der Waals surface area contributed by atoms with Gasteiger partial charge in [0, 0.05) is 6.42 Å². The Hall–Kier alpha value is -1.52. The number of rotatable bonds is 5. The van der Waals surface area contributed by atoms with Crippen molar-refractivity contribution in [2.24, 2.45) is 5.92 Å². The number of aromatic nitrogens is 2. The predicted octanol–water partition coefficient (Wildman–Crippen LogP) is 0.486. The Kier molecular flexibility index (Phi) is 2.39. The molecule has 76 valence electrons. The van der Waals surface area contributed by atoms with Crippen LogP contribution in [-0.4, -0.2) is 22.5 Å². The van der Waals surface area contributed by atoms with E-state index in [1.165, 1.54) is 0 Å². The minimum atomic E-state index is -0.0461. The molecule has 0 bridgehead atoms. The number of imidazole rings is 1. The summed E-state index contributed by atoms with van der Waals surface area (Å²) in [5.41, 5.74) is 6.47. The molecule has 1 aromatic rings. The Balaban J connectivity index is 1.99. The van der Waals surface area contributed by atoms with Gasteiger partial charge in [0.05, 0.1) is 12.0 Å². The molecule has 1 aromatic heterocycles. The number of nitrogen functional groups attached to an aromatic ring is 1. The molecule has 1 unspecified atom stereocenters. The zero-order valence-corrected chi connectivity index (χ0v) is 7.77. The van der Waals surface area contributed by atoms with Crippen molar-refractivity contribution < 1.29 is 9.53 Å². The maximum absolute atomic E-state index is 10.3. The van der Waals surface area contributed by atoms with Crippen molar-refractivity contribution in [2.75, 3.05) is 5.73 Å². The molecule has 0 amide bonds. The molecule has 1 atom stereocenters. The molecule has 3 N–H and O–H groups in total. The number of H-pyrrole nitrogens is 1. The van der Waals surface area contributed by atoms with Gasteiger partial charge in [-0.2, -0.15) is 0 Å². The van der Waals surface area contributed by atoms with Crippen molar-refractivity contribution in [2.45, 2.75) is 25.4 Å². The molecule has 1 fully saturated rings. The van der Waals surface area contributed by atoms with Gasteiger partial charge in [0.2, 0.25) is 0 Å². The molecular weight excluding hydrogens is 182 g/mol. The molecule has 5 nitrogen and oxygen atoms in total. The second kappa shape index (κ2) is 3.69. The molecule has 1 aliphatic rings. The van der Waals surface area contributed by atoms with Gasteiger partial charge >= 0.3 is 0 Å². The van der Waals surface area contributed by atoms with E-state index in [1.54, 1.807) is 6.33 Å². The lowest BCUT2D eigenvalue weighted by Crippen LogP contribution is -2.18. The lowest BCUT2D eigenvalue weighted by molar-refractivity contribution is -0.134. The lowest BCUT2D eigenvalue weighted by atomic mass is 10.1. The summed E-state index contributed by atoms with van der Waals surface area (Å²) in [5, 5.41) is 0. The van der Waals surface area contributed by atoms with E-state index in [2.05, 4.69) is 9.97 Å². The fourth-order valence-corrected chi connectivity index (χ4v) is 1.56. The maximum Gasteiger partial charge on any atom is 0.293 e. The number of hydrogen-bond acceptors (Lipinski definition) is 4. The van der Waals surface area contributed by atoms with Gasteiger partial charge < -0.3 is 15.5 Å². The number of ether oxygens (including phenoxy) is 1. The van der Waals surface area contributed by atoms with E-state index in [-0.39, 0.29) is 6.10 Å². The SMILES string of the molecule is Nc1nc[nH]c1CC(OC=O)C1CC1. The predicted molar refractivity (Wildman–Crippen MR) is 50.4 cm³/mol. The topological polar surface area (TPSA) is 81.0 Å². The number of nitrogens with zero attached hydrogens (tertiary/aromatic N) is 1. The second-order valence-electron chi connectivity index (χ2n) is 3.58. The van der Waals surface area contributed by atoms with Crippen molar-refractivity contribution in [3.8, 4) is 0 Å². The molecule has 0 saturated heterocycles. The molecular formula is C9H13N3O2. The van der Waals surface area contributed by atoms with Crippen molar-refractivity contribution >= 4 is 12.3 Å². The molecule has 2 rings (SSSR count). The number of carbonyl (C=O) groups is 1. The summed E-state index contributed by atoms with van der Waals surface area (Å²) in [7, 11) is 0. The van der Waals surface area contributed by atoms with E-state index < -0.39 is 0 Å². The Bertz CT molecular complexity index is 320. The average molecular weight is 195 g/mol. The Morgan fingerprint density at radius 2 is 2.57 bits per heavy atom. The summed E-state index contributed by atoms with van der Waals surface area (Å²) in [6, 6.07) is 0. The van der Waals surface area contributed by atoms with Gasteiger partial charge in [-0.3, -0.25) is 4.79 Å². The van der Waals surface area contributed by atoms with E-state index in [4.69, 9.17) is 10.5 Å². The number of aromatic amines is 1. The standard InChI is InChI=1S/C9H13N3O2/c10-9-7(11-4-12-9)3-8(14-5-13)6-1-2-6/h4-6,8H,1-3,10H2,(H,11,12). The molecule has 1 aliphatic carbocycles. The highest BCUT2D eigenvalue weighted by atomic mass is 16.5. The third-order valence-corrected chi connectivity index (χ3v) is 2.54. The Labute approximate surface area is 81.7 Å². The van der Waals surface area contributed by atoms with Crippen LogP contribution in [0.15, 0.2) is 6.33 Å². The smallest absolute Gasteiger partial charge is 0.293 e. The van der Waals surface area contributed by atoms with E-state index >= 15 is 0 Å². The van der Waals surface area contributed by atoms with Crippen LogP contribution in [0, 0.1) is 5.92 Å². The first kappa shape index (κ1) is 9.05. The number of hydrogen-bond donors (Lipinski definition) is 2. The first-order valence-corrected chi connectivity index (χ1v) is 4.68. The van der Waals surface area contributed by atoms with Crippen LogP contribution >= 0.6 is 0 Å². The van der Waals surface area contributed by atoms with Gasteiger partial charge in [-0.1, -0.05) is 0 Å². The first-order chi connectivity index (χ1) is 6.81. The van der Waals surface area contributed by atoms with Gasteiger partial charge in [-0.05, 0) is 18.8 Å². The van der Waals surface area contributed by atoms with Crippen LogP contribution < -0.4 is 5.73 Å². The monoisotopic (exact) mass is 195 g/mol. The second-order valence-corrected chi connectivity index (χ2v) is 3.58. The highest BCUT2D eigenvalue weighted by Crippen LogP contribution is 2.35. The summed E-state index contributed by atoms with van der Waals surface area (Å²) in [5.74, 6) is 0.994. The fourth-order valence-electron chi connectivity index (χ4n) is 1.56. The van der Waals surface area contributed by atoms with Crippen molar-refractivity contribution in [1.29, 1.82) is 0 Å². The van der Waals surface area contributed by atoms with E-state index in [0.29, 0.717) is 24.6 Å². The normalized spacial score (nSPS) is 17.7. The minimum Gasteiger partial charge on any atom is -0.464 e. The summed E-state index contributed by atoms with van der Waals surface area (Å²) < 4.78 is 5.01. The molecule has 5 heteroatoms. The zero-order chi connectivity index (χ0) is 9.97. The molecule has 0 spiro atoms. The zero-order valence-electron chi connectivity index (χ0n) is 7.77. The fraction of sp³-hybridized carbons (Fsp3) is 0.556. The highest BCUT2D eigenvalue weighted by Gasteiger charge is 2.33. The van der Waals surface area contributed by atoms with Gasteiger partial charge in [0.15, 0.2) is 0 Å². The van der Waals surface area contributed by atoms with Crippen LogP contribution in [-0.2, 0) is 16.0 Å². The first-order valence-electron chi connectivity index (χ1n) is 4.68. The molecule has 1 saturated carbocycles. The molecule has 0 aromatic carbocycles. The lowest BCUT2D eigenvalue weighted by Gasteiger charge is -2.12. The van der Waals surface area contributed by atoms with Gasteiger partial charge in [-0.15, -0.1) is 0 Å². The molecule has 14 heavy (non-hydrogen) atoms. The van der Waals surface area contributed by atoms with Gasteiger partial charge in [0.1, 0.15) is 11.9 Å². The van der Waals surface area contributed by atoms with Crippen LogP contribution in [0.2, 0.25) is 0 Å².